The van der Waals surface area contributed by atoms with Gasteiger partial charge in [0.1, 0.15) is 0 Å². The van der Waals surface area contributed by atoms with Crippen LogP contribution in [0.4, 0.5) is 0 Å². The summed E-state index contributed by atoms with van der Waals surface area (Å²) < 4.78 is 0. The molecule has 0 aromatic heterocycles. The molecular formula is C16H24O. The quantitative estimate of drug-likeness (QED) is 0.823. The maximum atomic E-state index is 10.4. The van der Waals surface area contributed by atoms with Crippen LogP contribution in [0.2, 0.25) is 0 Å². The molecule has 1 heteroatoms. The molecule has 1 aromatic rings. The molecule has 17 heavy (non-hydrogen) atoms. The van der Waals surface area contributed by atoms with Crippen LogP contribution in [0.15, 0.2) is 18.2 Å². The molecule has 1 nitrogen and oxygen atoms in total. The highest BCUT2D eigenvalue weighted by molar-refractivity contribution is 5.34. The molecule has 0 heterocycles. The average molecular weight is 232 g/mol. The van der Waals surface area contributed by atoms with Gasteiger partial charge < -0.3 is 5.11 Å². The van der Waals surface area contributed by atoms with E-state index in [2.05, 4.69) is 32.0 Å². The van der Waals surface area contributed by atoms with E-state index >= 15 is 0 Å². The van der Waals surface area contributed by atoms with E-state index < -0.39 is 0 Å². The van der Waals surface area contributed by atoms with Crippen molar-refractivity contribution in [2.24, 2.45) is 5.92 Å². The lowest BCUT2D eigenvalue weighted by Gasteiger charge is -2.25. The number of rotatable bonds is 3. The lowest BCUT2D eigenvalue weighted by Crippen LogP contribution is -2.12. The first-order chi connectivity index (χ1) is 8.18. The van der Waals surface area contributed by atoms with Crippen molar-refractivity contribution in [3.05, 3.63) is 34.9 Å². The minimum Gasteiger partial charge on any atom is -0.388 e. The molecule has 1 unspecified atom stereocenters. The van der Waals surface area contributed by atoms with Crippen molar-refractivity contribution in [3.63, 3.8) is 0 Å². The topological polar surface area (TPSA) is 20.2 Å². The average Bonchev–Trinajstić information content (AvgIpc) is 2.34. The minimum absolute atomic E-state index is 0.266. The predicted molar refractivity (Wildman–Crippen MR) is 72.1 cm³/mol. The molecule has 2 rings (SSSR count). The van der Waals surface area contributed by atoms with Gasteiger partial charge >= 0.3 is 0 Å². The Morgan fingerprint density at radius 3 is 2.59 bits per heavy atom. The fourth-order valence-electron chi connectivity index (χ4n) is 3.00. The summed E-state index contributed by atoms with van der Waals surface area (Å²) in [5.74, 6) is 0.735. The van der Waals surface area contributed by atoms with Gasteiger partial charge in [-0.15, -0.1) is 0 Å². The van der Waals surface area contributed by atoms with Gasteiger partial charge in [0.25, 0.3) is 0 Å². The molecule has 0 saturated heterocycles. The van der Waals surface area contributed by atoms with Crippen molar-refractivity contribution in [3.8, 4) is 0 Å². The third-order valence-corrected chi connectivity index (χ3v) is 4.29. The second-order valence-corrected chi connectivity index (χ2v) is 5.54. The van der Waals surface area contributed by atoms with Gasteiger partial charge in [-0.3, -0.25) is 0 Å². The molecule has 0 aliphatic heterocycles. The van der Waals surface area contributed by atoms with Crippen molar-refractivity contribution >= 4 is 0 Å². The zero-order valence-electron chi connectivity index (χ0n) is 11.1. The summed E-state index contributed by atoms with van der Waals surface area (Å²) in [6.07, 6.45) is 7.39. The van der Waals surface area contributed by atoms with E-state index in [-0.39, 0.29) is 6.10 Å². The van der Waals surface area contributed by atoms with Crippen LogP contribution in [0, 0.1) is 19.8 Å². The van der Waals surface area contributed by atoms with Crippen molar-refractivity contribution in [1.82, 2.24) is 0 Å². The fraction of sp³-hybridized carbons (Fsp3) is 0.625. The Hall–Kier alpha value is -0.820. The molecule has 0 amide bonds. The molecule has 0 radical (unpaired) electrons. The van der Waals surface area contributed by atoms with Crippen LogP contribution in [0.1, 0.15) is 61.3 Å². The molecular weight excluding hydrogens is 208 g/mol. The van der Waals surface area contributed by atoms with Crippen LogP contribution in [-0.2, 0) is 0 Å². The van der Waals surface area contributed by atoms with Gasteiger partial charge in [-0.25, -0.2) is 0 Å². The van der Waals surface area contributed by atoms with Gasteiger partial charge in [-0.1, -0.05) is 50.3 Å². The fourth-order valence-corrected chi connectivity index (χ4v) is 3.00. The van der Waals surface area contributed by atoms with E-state index in [0.717, 1.165) is 17.9 Å². The Balaban J connectivity index is 2.03. The Bertz CT molecular complexity index is 364. The van der Waals surface area contributed by atoms with E-state index in [1.807, 2.05) is 0 Å². The van der Waals surface area contributed by atoms with Gasteiger partial charge in [0.2, 0.25) is 0 Å². The molecule has 1 saturated carbocycles. The van der Waals surface area contributed by atoms with Gasteiger partial charge in [-0.05, 0) is 42.9 Å². The molecule has 1 aliphatic rings. The first kappa shape index (κ1) is 12.6. The lowest BCUT2D eigenvalue weighted by atomic mass is 9.83. The summed E-state index contributed by atoms with van der Waals surface area (Å²) in [7, 11) is 0. The van der Waals surface area contributed by atoms with Gasteiger partial charge in [0.15, 0.2) is 0 Å². The van der Waals surface area contributed by atoms with Gasteiger partial charge in [0, 0.05) is 0 Å². The Morgan fingerprint density at radius 1 is 1.18 bits per heavy atom. The van der Waals surface area contributed by atoms with Crippen molar-refractivity contribution in [1.29, 1.82) is 0 Å². The van der Waals surface area contributed by atoms with Crippen LogP contribution in [-0.4, -0.2) is 5.11 Å². The zero-order chi connectivity index (χ0) is 12.3. The van der Waals surface area contributed by atoms with E-state index in [1.54, 1.807) is 0 Å². The zero-order valence-corrected chi connectivity index (χ0v) is 11.1. The van der Waals surface area contributed by atoms with E-state index in [1.165, 1.54) is 43.2 Å². The van der Waals surface area contributed by atoms with Gasteiger partial charge in [-0.2, -0.15) is 0 Å². The van der Waals surface area contributed by atoms with Crippen molar-refractivity contribution in [2.45, 2.75) is 58.5 Å². The first-order valence-electron chi connectivity index (χ1n) is 6.92. The molecule has 1 aliphatic carbocycles. The third kappa shape index (κ3) is 3.10. The number of aryl methyl sites for hydroxylation is 1. The normalized spacial score (nSPS) is 19.2. The van der Waals surface area contributed by atoms with E-state index in [9.17, 15) is 5.11 Å². The number of aliphatic hydroxyl groups is 1. The molecule has 0 spiro atoms. The number of hydrogen-bond donors (Lipinski definition) is 1. The maximum absolute atomic E-state index is 10.4. The highest BCUT2D eigenvalue weighted by Gasteiger charge is 2.19. The molecule has 1 aromatic carbocycles. The predicted octanol–water partition coefficient (Wildman–Crippen LogP) is 4.31. The molecule has 94 valence electrons. The largest absolute Gasteiger partial charge is 0.388 e. The monoisotopic (exact) mass is 232 g/mol. The lowest BCUT2D eigenvalue weighted by molar-refractivity contribution is 0.131. The molecule has 0 bridgehead atoms. The molecule has 1 atom stereocenters. The second-order valence-electron chi connectivity index (χ2n) is 5.54. The first-order valence-corrected chi connectivity index (χ1v) is 6.92. The Morgan fingerprint density at radius 2 is 1.88 bits per heavy atom. The van der Waals surface area contributed by atoms with Crippen LogP contribution in [0.25, 0.3) is 0 Å². The van der Waals surface area contributed by atoms with Gasteiger partial charge in [0.05, 0.1) is 6.10 Å². The number of aliphatic hydroxyl groups excluding tert-OH is 1. The number of hydrogen-bond acceptors (Lipinski definition) is 1. The molecule has 1 N–H and O–H groups in total. The summed E-state index contributed by atoms with van der Waals surface area (Å²) in [4.78, 5) is 0. The summed E-state index contributed by atoms with van der Waals surface area (Å²) >= 11 is 0. The van der Waals surface area contributed by atoms with E-state index in [4.69, 9.17) is 0 Å². The summed E-state index contributed by atoms with van der Waals surface area (Å²) in [6.45, 7) is 4.24. The van der Waals surface area contributed by atoms with Crippen LogP contribution < -0.4 is 0 Å². The minimum atomic E-state index is -0.266. The second kappa shape index (κ2) is 5.68. The standard InChI is InChI=1S/C16H24O/c1-12-7-6-10-15(13(12)2)16(17)11-14-8-4-3-5-9-14/h6-7,10,14,16-17H,3-5,8-9,11H2,1-2H3. The van der Waals surface area contributed by atoms with E-state index in [0.29, 0.717) is 0 Å². The highest BCUT2D eigenvalue weighted by atomic mass is 16.3. The van der Waals surface area contributed by atoms with Crippen LogP contribution in [0.3, 0.4) is 0 Å². The Labute approximate surface area is 105 Å². The van der Waals surface area contributed by atoms with Crippen LogP contribution in [0.5, 0.6) is 0 Å². The smallest absolute Gasteiger partial charge is 0.0795 e. The third-order valence-electron chi connectivity index (χ3n) is 4.29. The highest BCUT2D eigenvalue weighted by Crippen LogP contribution is 2.33. The summed E-state index contributed by atoms with van der Waals surface area (Å²) in [5.41, 5.74) is 3.68. The number of benzene rings is 1. The molecule has 1 fully saturated rings. The summed E-state index contributed by atoms with van der Waals surface area (Å²) in [5, 5.41) is 10.4. The van der Waals surface area contributed by atoms with Crippen LogP contribution >= 0.6 is 0 Å². The maximum Gasteiger partial charge on any atom is 0.0795 e. The van der Waals surface area contributed by atoms with Crippen molar-refractivity contribution in [2.75, 3.05) is 0 Å². The summed E-state index contributed by atoms with van der Waals surface area (Å²) in [6, 6.07) is 6.25. The van der Waals surface area contributed by atoms with Crippen molar-refractivity contribution < 1.29 is 5.11 Å². The SMILES string of the molecule is Cc1cccc(C(O)CC2CCCCC2)c1C. The Kier molecular flexibility index (Phi) is 4.22.